The first kappa shape index (κ1) is 36.7. The fraction of sp³-hybridized carbons (Fsp3) is 0.341. The Morgan fingerprint density at radius 2 is 1.76 bits per heavy atom. The van der Waals surface area contributed by atoms with E-state index < -0.39 is 5.97 Å². The lowest BCUT2D eigenvalue weighted by Gasteiger charge is -2.32. The molecule has 4 rings (SSSR count). The second-order valence-electron chi connectivity index (χ2n) is 13.3. The van der Waals surface area contributed by atoms with Crippen LogP contribution >= 0.6 is 0 Å². The van der Waals surface area contributed by atoms with Crippen LogP contribution in [0.15, 0.2) is 101 Å². The zero-order valence-corrected chi connectivity index (χ0v) is 29.7. The molecule has 0 radical (unpaired) electrons. The van der Waals surface area contributed by atoms with E-state index in [4.69, 9.17) is 9.47 Å². The number of hydrogen-bond acceptors (Lipinski definition) is 6. The van der Waals surface area contributed by atoms with Gasteiger partial charge in [0.05, 0.1) is 25.6 Å². The van der Waals surface area contributed by atoms with Crippen LogP contribution in [-0.4, -0.2) is 47.7 Å². The Morgan fingerprint density at radius 1 is 1.02 bits per heavy atom. The Labute approximate surface area is 289 Å². The number of amides is 1. The highest BCUT2D eigenvalue weighted by Gasteiger charge is 2.26. The third-order valence-corrected chi connectivity index (χ3v) is 8.98. The summed E-state index contributed by atoms with van der Waals surface area (Å²) in [6, 6.07) is 11.4. The molecular formula is C41H48N2O6. The number of phenolic OH excluding ortho intramolecular Hbond substituents is 1. The molecule has 0 aliphatic heterocycles. The molecule has 8 nitrogen and oxygen atoms in total. The van der Waals surface area contributed by atoms with Crippen molar-refractivity contribution < 1.29 is 29.0 Å². The lowest BCUT2D eigenvalue weighted by Crippen LogP contribution is -2.29. The van der Waals surface area contributed by atoms with E-state index in [1.807, 2.05) is 25.2 Å². The summed E-state index contributed by atoms with van der Waals surface area (Å²) in [6.45, 7) is 12.7. The van der Waals surface area contributed by atoms with Gasteiger partial charge in [-0.15, -0.1) is 0 Å². The minimum atomic E-state index is -0.488. The van der Waals surface area contributed by atoms with Gasteiger partial charge in [-0.2, -0.15) is 0 Å². The van der Waals surface area contributed by atoms with Crippen LogP contribution in [-0.2, 0) is 20.7 Å². The minimum Gasteiger partial charge on any atom is -0.508 e. The molecule has 1 aromatic heterocycles. The third-order valence-electron chi connectivity index (χ3n) is 8.98. The first-order valence-corrected chi connectivity index (χ1v) is 16.7. The highest BCUT2D eigenvalue weighted by Crippen LogP contribution is 2.40. The van der Waals surface area contributed by atoms with E-state index in [2.05, 4.69) is 45.2 Å². The van der Waals surface area contributed by atoms with Gasteiger partial charge in [-0.05, 0) is 112 Å². The molecule has 0 fully saturated rings. The van der Waals surface area contributed by atoms with Crippen LogP contribution in [0.1, 0.15) is 75.5 Å². The molecule has 3 aromatic rings. The van der Waals surface area contributed by atoms with Gasteiger partial charge in [-0.25, -0.2) is 4.79 Å². The van der Waals surface area contributed by atoms with Gasteiger partial charge in [-0.1, -0.05) is 55.4 Å². The van der Waals surface area contributed by atoms with Gasteiger partial charge in [0.15, 0.2) is 0 Å². The zero-order valence-electron chi connectivity index (χ0n) is 29.7. The quantitative estimate of drug-likeness (QED) is 0.0878. The molecule has 1 amide bonds. The van der Waals surface area contributed by atoms with Gasteiger partial charge < -0.3 is 19.9 Å². The second-order valence-corrected chi connectivity index (χ2v) is 13.3. The van der Waals surface area contributed by atoms with Crippen LogP contribution in [0, 0.1) is 12.3 Å². The van der Waals surface area contributed by atoms with Gasteiger partial charge in [0.25, 0.3) is 5.91 Å². The summed E-state index contributed by atoms with van der Waals surface area (Å²) in [5.74, 6) is -0.377. The van der Waals surface area contributed by atoms with Gasteiger partial charge >= 0.3 is 5.97 Å². The number of nitrogens with one attached hydrogen (secondary N) is 1. The van der Waals surface area contributed by atoms with E-state index in [1.165, 1.54) is 42.2 Å². The number of ether oxygens (including phenoxy) is 2. The smallest absolute Gasteiger partial charge is 0.331 e. The topological polar surface area (TPSA) is 107 Å². The maximum atomic E-state index is 13.5. The predicted octanol–water partition coefficient (Wildman–Crippen LogP) is 8.09. The maximum absolute atomic E-state index is 13.5. The maximum Gasteiger partial charge on any atom is 0.331 e. The average molecular weight is 665 g/mol. The Morgan fingerprint density at radius 3 is 2.45 bits per heavy atom. The Bertz CT molecular complexity index is 1870. The van der Waals surface area contributed by atoms with Gasteiger partial charge in [0, 0.05) is 22.7 Å². The Kier molecular flexibility index (Phi) is 12.2. The van der Waals surface area contributed by atoms with Gasteiger partial charge in [-0.3, -0.25) is 14.2 Å². The number of allylic oxidation sites excluding steroid dienone is 9. The molecule has 1 heterocycles. The van der Waals surface area contributed by atoms with E-state index >= 15 is 0 Å². The number of hydrogen-bond donors (Lipinski definition) is 2. The normalized spacial score (nSPS) is 15.3. The summed E-state index contributed by atoms with van der Waals surface area (Å²) in [7, 11) is 1.56. The van der Waals surface area contributed by atoms with Crippen molar-refractivity contribution in [1.82, 2.24) is 9.88 Å². The minimum absolute atomic E-state index is 0.0141. The van der Waals surface area contributed by atoms with Crippen LogP contribution in [0.5, 0.6) is 11.5 Å². The standard InChI is InChI=1S/C41H48N2O6/c1-27(13-19-36-29(3)12-9-21-41(36,5)6)10-8-11-28(2)24-39(46)49-23-22-42-38(45)26-34-30(4)43(37-20-18-33(48-7)25-35(34)37)40(47)31-14-16-32(44)17-15-31/h8,10-11,13-20,24-25,44H,9,12,21-23,26H2,1-7H3,(H,42,45)/b11-8+,19-13+,27-10+,28-24-. The summed E-state index contributed by atoms with van der Waals surface area (Å²) in [5, 5.41) is 13.2. The lowest BCUT2D eigenvalue weighted by molar-refractivity contribution is -0.138. The Hall–Kier alpha value is -5.11. The molecule has 1 aliphatic carbocycles. The summed E-state index contributed by atoms with van der Waals surface area (Å²) in [4.78, 5) is 38.8. The summed E-state index contributed by atoms with van der Waals surface area (Å²) >= 11 is 0. The molecule has 0 atom stereocenters. The molecule has 258 valence electrons. The molecular weight excluding hydrogens is 616 g/mol. The van der Waals surface area contributed by atoms with Crippen molar-refractivity contribution in [2.45, 2.75) is 67.2 Å². The van der Waals surface area contributed by atoms with Crippen LogP contribution in [0.4, 0.5) is 0 Å². The SMILES string of the molecule is COc1ccc2c(c1)c(CC(=O)NCCOC(=O)\C=C(C)/C=C/C=C(C)/C=C/C1=C(C)CCCC1(C)C)c(C)n2C(=O)c1ccc(O)cc1. The van der Waals surface area contributed by atoms with Crippen molar-refractivity contribution in [2.75, 3.05) is 20.3 Å². The second kappa shape index (κ2) is 16.3. The number of phenols is 1. The first-order valence-electron chi connectivity index (χ1n) is 16.7. The molecule has 0 bridgehead atoms. The number of aromatic hydroxyl groups is 1. The first-order chi connectivity index (χ1) is 23.3. The van der Waals surface area contributed by atoms with E-state index in [1.54, 1.807) is 48.9 Å². The Balaban J connectivity index is 1.31. The number of nitrogens with zero attached hydrogens (tertiary/aromatic N) is 1. The van der Waals surface area contributed by atoms with Crippen molar-refractivity contribution in [3.05, 3.63) is 118 Å². The number of rotatable bonds is 12. The van der Waals surface area contributed by atoms with Gasteiger partial charge in [0.1, 0.15) is 18.1 Å². The van der Waals surface area contributed by atoms with E-state index in [0.717, 1.165) is 23.0 Å². The number of carbonyl (C=O) groups is 3. The van der Waals surface area contributed by atoms with Crippen molar-refractivity contribution >= 4 is 28.7 Å². The fourth-order valence-electron chi connectivity index (χ4n) is 6.28. The predicted molar refractivity (Wildman–Crippen MR) is 195 cm³/mol. The number of carbonyl (C=O) groups excluding carboxylic acids is 3. The average Bonchev–Trinajstić information content (AvgIpc) is 3.32. The van der Waals surface area contributed by atoms with Crippen LogP contribution in [0.25, 0.3) is 10.9 Å². The molecule has 0 unspecified atom stereocenters. The van der Waals surface area contributed by atoms with Crippen molar-refractivity contribution in [1.29, 1.82) is 0 Å². The molecule has 8 heteroatoms. The molecule has 1 aliphatic rings. The number of fused-ring (bicyclic) bond motifs is 1. The van der Waals surface area contributed by atoms with E-state index in [-0.39, 0.29) is 42.6 Å². The zero-order chi connectivity index (χ0) is 35.7. The molecule has 49 heavy (non-hydrogen) atoms. The van der Waals surface area contributed by atoms with Crippen molar-refractivity contribution in [3.8, 4) is 11.5 Å². The van der Waals surface area contributed by atoms with Crippen molar-refractivity contribution in [2.24, 2.45) is 5.41 Å². The molecule has 0 saturated carbocycles. The number of aromatic nitrogens is 1. The summed E-state index contributed by atoms with van der Waals surface area (Å²) < 4.78 is 12.3. The molecule has 2 N–H and O–H groups in total. The fourth-order valence-corrected chi connectivity index (χ4v) is 6.28. The highest BCUT2D eigenvalue weighted by molar-refractivity contribution is 6.05. The van der Waals surface area contributed by atoms with Gasteiger partial charge in [0.2, 0.25) is 5.91 Å². The number of benzene rings is 2. The number of methoxy groups -OCH3 is 1. The van der Waals surface area contributed by atoms with E-state index in [9.17, 15) is 19.5 Å². The van der Waals surface area contributed by atoms with Crippen LogP contribution in [0.3, 0.4) is 0 Å². The summed E-state index contributed by atoms with van der Waals surface area (Å²) in [6.07, 6.45) is 15.2. The molecule has 0 spiro atoms. The van der Waals surface area contributed by atoms with E-state index in [0.29, 0.717) is 28.1 Å². The monoisotopic (exact) mass is 664 g/mol. The molecule has 0 saturated heterocycles. The van der Waals surface area contributed by atoms with Crippen LogP contribution in [0.2, 0.25) is 0 Å². The lowest BCUT2D eigenvalue weighted by atomic mass is 9.72. The molecule has 2 aromatic carbocycles. The van der Waals surface area contributed by atoms with Crippen LogP contribution < -0.4 is 10.1 Å². The highest BCUT2D eigenvalue weighted by atomic mass is 16.5. The number of esters is 1. The summed E-state index contributed by atoms with van der Waals surface area (Å²) in [5.41, 5.74) is 7.30. The van der Waals surface area contributed by atoms with Crippen molar-refractivity contribution in [3.63, 3.8) is 0 Å². The largest absolute Gasteiger partial charge is 0.508 e. The third kappa shape index (κ3) is 9.50.